The topological polar surface area (TPSA) is 83.6 Å². The first-order valence-electron chi connectivity index (χ1n) is 8.31. The number of sulfone groups is 1. The molecule has 25 heavy (non-hydrogen) atoms. The van der Waals surface area contributed by atoms with Crippen molar-refractivity contribution >= 4 is 33.3 Å². The Morgan fingerprint density at radius 1 is 1.36 bits per heavy atom. The van der Waals surface area contributed by atoms with E-state index in [0.29, 0.717) is 11.4 Å². The summed E-state index contributed by atoms with van der Waals surface area (Å²) >= 11 is 6.15. The smallest absolute Gasteiger partial charge is 0.225 e. The first-order chi connectivity index (χ1) is 11.8. The molecule has 2 heterocycles. The number of halogens is 1. The molecule has 0 saturated carbocycles. The standard InChI is InChI=1S/C17H21ClN2O4S/c1-11(14-4-2-3-5-15(14)18)19-17(22)12-8-16(21)20(9-12)13-6-7-25(23,24)10-13/h2-5,11-13H,6-10H2,1H3,(H,19,22). The number of carbonyl (C=O) groups excluding carboxylic acids is 2. The van der Waals surface area contributed by atoms with Crippen LogP contribution in [0.4, 0.5) is 0 Å². The monoisotopic (exact) mass is 384 g/mol. The molecule has 6 nitrogen and oxygen atoms in total. The summed E-state index contributed by atoms with van der Waals surface area (Å²) in [4.78, 5) is 26.3. The predicted octanol–water partition coefficient (Wildman–Crippen LogP) is 1.55. The molecule has 3 atom stereocenters. The Hall–Kier alpha value is -1.60. The molecule has 136 valence electrons. The zero-order valence-electron chi connectivity index (χ0n) is 13.9. The molecule has 2 amide bonds. The highest BCUT2D eigenvalue weighted by atomic mass is 35.5. The second-order valence-corrected chi connectivity index (χ2v) is 9.39. The van der Waals surface area contributed by atoms with Crippen LogP contribution in [0.5, 0.6) is 0 Å². The van der Waals surface area contributed by atoms with Crippen LogP contribution < -0.4 is 5.32 Å². The van der Waals surface area contributed by atoms with E-state index in [0.717, 1.165) is 5.56 Å². The van der Waals surface area contributed by atoms with Crippen molar-refractivity contribution < 1.29 is 18.0 Å². The second-order valence-electron chi connectivity index (χ2n) is 6.76. The van der Waals surface area contributed by atoms with Crippen LogP contribution in [-0.2, 0) is 19.4 Å². The molecule has 2 saturated heterocycles. The van der Waals surface area contributed by atoms with Crippen LogP contribution in [-0.4, -0.2) is 49.2 Å². The third-order valence-electron chi connectivity index (χ3n) is 4.91. The summed E-state index contributed by atoms with van der Waals surface area (Å²) in [5.74, 6) is -0.692. The van der Waals surface area contributed by atoms with E-state index in [4.69, 9.17) is 11.6 Å². The van der Waals surface area contributed by atoms with E-state index in [9.17, 15) is 18.0 Å². The van der Waals surface area contributed by atoms with Gasteiger partial charge in [-0.2, -0.15) is 0 Å². The van der Waals surface area contributed by atoms with Crippen molar-refractivity contribution in [1.29, 1.82) is 0 Å². The van der Waals surface area contributed by atoms with Gasteiger partial charge < -0.3 is 10.2 Å². The molecular weight excluding hydrogens is 364 g/mol. The molecule has 1 aromatic rings. The number of likely N-dealkylation sites (tertiary alicyclic amines) is 1. The molecule has 1 N–H and O–H groups in total. The lowest BCUT2D eigenvalue weighted by Gasteiger charge is -2.23. The second kappa shape index (κ2) is 6.96. The summed E-state index contributed by atoms with van der Waals surface area (Å²) in [6.07, 6.45) is 0.579. The van der Waals surface area contributed by atoms with Gasteiger partial charge in [-0.25, -0.2) is 8.42 Å². The molecule has 0 bridgehead atoms. The van der Waals surface area contributed by atoms with Gasteiger partial charge in [0, 0.05) is 24.0 Å². The molecule has 0 aromatic heterocycles. The van der Waals surface area contributed by atoms with Gasteiger partial charge in [-0.3, -0.25) is 9.59 Å². The zero-order chi connectivity index (χ0) is 18.2. The minimum Gasteiger partial charge on any atom is -0.349 e. The van der Waals surface area contributed by atoms with E-state index in [1.54, 1.807) is 11.0 Å². The highest BCUT2D eigenvalue weighted by Gasteiger charge is 2.42. The first kappa shape index (κ1) is 18.2. The van der Waals surface area contributed by atoms with Crippen LogP contribution in [0.3, 0.4) is 0 Å². The Kier molecular flexibility index (Phi) is 5.06. The van der Waals surface area contributed by atoms with Crippen LogP contribution in [0, 0.1) is 5.92 Å². The van der Waals surface area contributed by atoms with Crippen LogP contribution in [0.15, 0.2) is 24.3 Å². The van der Waals surface area contributed by atoms with Crippen LogP contribution in [0.1, 0.15) is 31.4 Å². The molecule has 1 aromatic carbocycles. The SMILES string of the molecule is CC(NC(=O)C1CC(=O)N(C2CCS(=O)(=O)C2)C1)c1ccccc1Cl. The van der Waals surface area contributed by atoms with Crippen molar-refractivity contribution in [1.82, 2.24) is 10.2 Å². The number of rotatable bonds is 4. The lowest BCUT2D eigenvalue weighted by Crippen LogP contribution is -2.39. The van der Waals surface area contributed by atoms with Crippen molar-refractivity contribution in [3.8, 4) is 0 Å². The van der Waals surface area contributed by atoms with E-state index in [1.165, 1.54) is 0 Å². The summed E-state index contributed by atoms with van der Waals surface area (Å²) in [6.45, 7) is 2.12. The summed E-state index contributed by atoms with van der Waals surface area (Å²) in [6, 6.07) is 6.73. The lowest BCUT2D eigenvalue weighted by molar-refractivity contribution is -0.130. The first-order valence-corrected chi connectivity index (χ1v) is 10.5. The fraction of sp³-hybridized carbons (Fsp3) is 0.529. The van der Waals surface area contributed by atoms with Crippen LogP contribution in [0.2, 0.25) is 5.02 Å². The number of nitrogens with one attached hydrogen (secondary N) is 1. The van der Waals surface area contributed by atoms with E-state index < -0.39 is 15.8 Å². The Morgan fingerprint density at radius 3 is 2.72 bits per heavy atom. The van der Waals surface area contributed by atoms with Crippen LogP contribution >= 0.6 is 11.6 Å². The summed E-state index contributed by atoms with van der Waals surface area (Å²) < 4.78 is 23.2. The van der Waals surface area contributed by atoms with Gasteiger partial charge in [0.25, 0.3) is 0 Å². The van der Waals surface area contributed by atoms with E-state index in [1.807, 2.05) is 25.1 Å². The fourth-order valence-electron chi connectivity index (χ4n) is 3.52. The van der Waals surface area contributed by atoms with Crippen molar-refractivity contribution in [2.45, 2.75) is 31.8 Å². The van der Waals surface area contributed by atoms with Gasteiger partial charge >= 0.3 is 0 Å². The van der Waals surface area contributed by atoms with Gasteiger partial charge in [-0.05, 0) is 25.0 Å². The fourth-order valence-corrected chi connectivity index (χ4v) is 5.55. The number of hydrogen-bond donors (Lipinski definition) is 1. The lowest BCUT2D eigenvalue weighted by atomic mass is 10.0. The molecule has 0 radical (unpaired) electrons. The molecule has 3 rings (SSSR count). The zero-order valence-corrected chi connectivity index (χ0v) is 15.5. The van der Waals surface area contributed by atoms with E-state index in [-0.39, 0.29) is 48.4 Å². The van der Waals surface area contributed by atoms with Crippen molar-refractivity contribution in [2.75, 3.05) is 18.1 Å². The third-order valence-corrected chi connectivity index (χ3v) is 7.00. The Bertz CT molecular complexity index is 796. The average Bonchev–Trinajstić information content (AvgIpc) is 3.10. The third kappa shape index (κ3) is 3.98. The molecule has 0 aliphatic carbocycles. The highest BCUT2D eigenvalue weighted by Crippen LogP contribution is 2.27. The van der Waals surface area contributed by atoms with Gasteiger partial charge in [0.2, 0.25) is 11.8 Å². The highest BCUT2D eigenvalue weighted by molar-refractivity contribution is 7.91. The minimum atomic E-state index is -3.06. The number of hydrogen-bond acceptors (Lipinski definition) is 4. The minimum absolute atomic E-state index is 0.00308. The van der Waals surface area contributed by atoms with Gasteiger partial charge in [0.15, 0.2) is 9.84 Å². The molecule has 2 fully saturated rings. The summed E-state index contributed by atoms with van der Waals surface area (Å²) in [5.41, 5.74) is 0.820. The maximum absolute atomic E-state index is 12.5. The largest absolute Gasteiger partial charge is 0.349 e. The molecule has 3 unspecified atom stereocenters. The maximum Gasteiger partial charge on any atom is 0.225 e. The van der Waals surface area contributed by atoms with Crippen molar-refractivity contribution in [2.24, 2.45) is 5.92 Å². The van der Waals surface area contributed by atoms with Crippen molar-refractivity contribution in [3.63, 3.8) is 0 Å². The van der Waals surface area contributed by atoms with E-state index in [2.05, 4.69) is 5.32 Å². The molecular formula is C17H21ClN2O4S. The number of nitrogens with zero attached hydrogens (tertiary/aromatic N) is 1. The Balaban J connectivity index is 1.62. The summed E-state index contributed by atoms with van der Waals surface area (Å²) in [7, 11) is -3.06. The Morgan fingerprint density at radius 2 is 2.08 bits per heavy atom. The molecule has 8 heteroatoms. The van der Waals surface area contributed by atoms with Crippen molar-refractivity contribution in [3.05, 3.63) is 34.9 Å². The van der Waals surface area contributed by atoms with E-state index >= 15 is 0 Å². The van der Waals surface area contributed by atoms with Gasteiger partial charge in [0.05, 0.1) is 23.5 Å². The van der Waals surface area contributed by atoms with Gasteiger partial charge in [-0.15, -0.1) is 0 Å². The maximum atomic E-state index is 12.5. The number of carbonyl (C=O) groups is 2. The number of amides is 2. The molecule has 2 aliphatic rings. The quantitative estimate of drug-likeness (QED) is 0.853. The number of benzene rings is 1. The molecule has 2 aliphatic heterocycles. The predicted molar refractivity (Wildman–Crippen MR) is 94.9 cm³/mol. The molecule has 0 spiro atoms. The average molecular weight is 385 g/mol. The normalized spacial score (nSPS) is 26.6. The van der Waals surface area contributed by atoms with Gasteiger partial charge in [0.1, 0.15) is 0 Å². The Labute approximate surface area is 152 Å². The van der Waals surface area contributed by atoms with Gasteiger partial charge in [-0.1, -0.05) is 29.8 Å². The van der Waals surface area contributed by atoms with Crippen LogP contribution in [0.25, 0.3) is 0 Å². The summed E-state index contributed by atoms with van der Waals surface area (Å²) in [5, 5.41) is 3.49.